The van der Waals surface area contributed by atoms with Crippen LogP contribution in [0.15, 0.2) is 23.1 Å². The van der Waals surface area contributed by atoms with Gasteiger partial charge in [-0.15, -0.1) is 0 Å². The molecule has 6 nitrogen and oxygen atoms in total. The minimum Gasteiger partial charge on any atom is -0.271 e. The second kappa shape index (κ2) is 6.92. The van der Waals surface area contributed by atoms with Gasteiger partial charge in [-0.3, -0.25) is 16.0 Å². The first kappa shape index (κ1) is 15.1. The normalized spacial score (nSPS) is 12.6. The molecule has 0 amide bonds. The van der Waals surface area contributed by atoms with Gasteiger partial charge in [-0.2, -0.15) is 5.10 Å². The molecule has 0 aliphatic rings. The molecule has 0 bridgehead atoms. The Morgan fingerprint density at radius 1 is 1.45 bits per heavy atom. The zero-order valence-electron chi connectivity index (χ0n) is 11.7. The third-order valence-corrected chi connectivity index (χ3v) is 4.17. The molecule has 0 spiro atoms. The molecule has 2 aromatic rings. The smallest absolute Gasteiger partial charge is 0.115 e. The molecule has 2 rings (SSSR count). The SMILES string of the molecule is CCc1nn(CC)c(CC(NN)c2ccncn2)c1Br. The number of hydrogen-bond donors (Lipinski definition) is 2. The third-order valence-electron chi connectivity index (χ3n) is 3.25. The molecule has 108 valence electrons. The van der Waals surface area contributed by atoms with E-state index in [0.29, 0.717) is 0 Å². The number of hydrazine groups is 1. The summed E-state index contributed by atoms with van der Waals surface area (Å²) in [4.78, 5) is 8.19. The lowest BCUT2D eigenvalue weighted by molar-refractivity contribution is 0.505. The Balaban J connectivity index is 2.30. The fourth-order valence-electron chi connectivity index (χ4n) is 2.16. The van der Waals surface area contributed by atoms with Crippen molar-refractivity contribution in [2.75, 3.05) is 0 Å². The maximum Gasteiger partial charge on any atom is 0.115 e. The van der Waals surface area contributed by atoms with Gasteiger partial charge >= 0.3 is 0 Å². The Labute approximate surface area is 126 Å². The number of nitrogens with zero attached hydrogens (tertiary/aromatic N) is 4. The van der Waals surface area contributed by atoms with E-state index in [1.54, 1.807) is 6.20 Å². The summed E-state index contributed by atoms with van der Waals surface area (Å²) in [6, 6.07) is 1.80. The highest BCUT2D eigenvalue weighted by molar-refractivity contribution is 9.10. The minimum absolute atomic E-state index is 0.0685. The molecule has 0 fully saturated rings. The van der Waals surface area contributed by atoms with E-state index in [1.165, 1.54) is 6.33 Å². The van der Waals surface area contributed by atoms with Gasteiger partial charge in [-0.1, -0.05) is 6.92 Å². The van der Waals surface area contributed by atoms with Gasteiger partial charge in [0.25, 0.3) is 0 Å². The van der Waals surface area contributed by atoms with E-state index in [2.05, 4.69) is 50.3 Å². The van der Waals surface area contributed by atoms with E-state index in [1.807, 2.05) is 10.7 Å². The molecule has 0 aliphatic carbocycles. The Morgan fingerprint density at radius 2 is 2.25 bits per heavy atom. The van der Waals surface area contributed by atoms with E-state index in [9.17, 15) is 0 Å². The summed E-state index contributed by atoms with van der Waals surface area (Å²) in [5.74, 6) is 5.68. The number of halogens is 1. The molecule has 1 unspecified atom stereocenters. The highest BCUT2D eigenvalue weighted by atomic mass is 79.9. The van der Waals surface area contributed by atoms with E-state index in [0.717, 1.165) is 40.9 Å². The van der Waals surface area contributed by atoms with Gasteiger partial charge in [0.05, 0.1) is 27.6 Å². The zero-order chi connectivity index (χ0) is 14.5. The molecular formula is C13H19BrN6. The fourth-order valence-corrected chi connectivity index (χ4v) is 2.89. The molecule has 0 saturated heterocycles. The highest BCUT2D eigenvalue weighted by Gasteiger charge is 2.19. The van der Waals surface area contributed by atoms with Crippen LogP contribution >= 0.6 is 15.9 Å². The van der Waals surface area contributed by atoms with Gasteiger partial charge in [-0.05, 0) is 35.3 Å². The summed E-state index contributed by atoms with van der Waals surface area (Å²) in [6.07, 6.45) is 4.86. The second-order valence-electron chi connectivity index (χ2n) is 4.43. The molecular weight excluding hydrogens is 320 g/mol. The molecule has 3 N–H and O–H groups in total. The van der Waals surface area contributed by atoms with Crippen LogP contribution in [0.4, 0.5) is 0 Å². The number of hydrogen-bond acceptors (Lipinski definition) is 5. The van der Waals surface area contributed by atoms with Gasteiger partial charge in [0.15, 0.2) is 0 Å². The molecule has 2 aromatic heterocycles. The number of nitrogens with one attached hydrogen (secondary N) is 1. The van der Waals surface area contributed by atoms with Crippen molar-refractivity contribution in [3.8, 4) is 0 Å². The zero-order valence-corrected chi connectivity index (χ0v) is 13.3. The standard InChI is InChI=1S/C13H19BrN6/c1-3-9-13(14)12(20(4-2)19-9)7-11(18-15)10-5-6-16-8-17-10/h5-6,8,11,18H,3-4,7,15H2,1-2H3. The Hall–Kier alpha value is -1.31. The Bertz CT molecular complexity index is 553. The number of nitrogens with two attached hydrogens (primary N) is 1. The summed E-state index contributed by atoms with van der Waals surface area (Å²) in [5, 5.41) is 4.60. The Morgan fingerprint density at radius 3 is 2.80 bits per heavy atom. The number of aromatic nitrogens is 4. The van der Waals surface area contributed by atoms with Gasteiger partial charge in [-0.25, -0.2) is 9.97 Å². The van der Waals surface area contributed by atoms with E-state index in [-0.39, 0.29) is 6.04 Å². The third kappa shape index (κ3) is 3.05. The quantitative estimate of drug-likeness (QED) is 0.619. The van der Waals surface area contributed by atoms with E-state index >= 15 is 0 Å². The largest absolute Gasteiger partial charge is 0.271 e. The van der Waals surface area contributed by atoms with Crippen molar-refractivity contribution in [2.45, 2.75) is 39.3 Å². The summed E-state index contributed by atoms with van der Waals surface area (Å²) in [6.45, 7) is 5.01. The number of rotatable bonds is 6. The van der Waals surface area contributed by atoms with Gasteiger partial charge < -0.3 is 0 Å². The average molecular weight is 339 g/mol. The lowest BCUT2D eigenvalue weighted by atomic mass is 10.1. The van der Waals surface area contributed by atoms with Crippen LogP contribution in [-0.2, 0) is 19.4 Å². The van der Waals surface area contributed by atoms with Crippen LogP contribution in [0.5, 0.6) is 0 Å². The maximum atomic E-state index is 5.68. The van der Waals surface area contributed by atoms with Crippen LogP contribution < -0.4 is 11.3 Å². The maximum absolute atomic E-state index is 5.68. The fraction of sp³-hybridized carbons (Fsp3) is 0.462. The van der Waals surface area contributed by atoms with Crippen LogP contribution in [0.3, 0.4) is 0 Å². The summed E-state index contributed by atoms with van der Waals surface area (Å²) >= 11 is 3.65. The van der Waals surface area contributed by atoms with Crippen molar-refractivity contribution >= 4 is 15.9 Å². The summed E-state index contributed by atoms with van der Waals surface area (Å²) < 4.78 is 3.07. The Kier molecular flexibility index (Phi) is 5.22. The first-order valence-electron chi connectivity index (χ1n) is 6.67. The van der Waals surface area contributed by atoms with Crippen LogP contribution in [0.1, 0.15) is 37.0 Å². The van der Waals surface area contributed by atoms with Crippen molar-refractivity contribution in [3.63, 3.8) is 0 Å². The van der Waals surface area contributed by atoms with E-state index < -0.39 is 0 Å². The van der Waals surface area contributed by atoms with Gasteiger partial charge in [0, 0.05) is 19.2 Å². The van der Waals surface area contributed by atoms with Crippen LogP contribution in [0.2, 0.25) is 0 Å². The van der Waals surface area contributed by atoms with Crippen molar-refractivity contribution in [2.24, 2.45) is 5.84 Å². The first-order valence-corrected chi connectivity index (χ1v) is 7.46. The predicted molar refractivity (Wildman–Crippen MR) is 80.8 cm³/mol. The highest BCUT2D eigenvalue weighted by Crippen LogP contribution is 2.26. The summed E-state index contributed by atoms with van der Waals surface area (Å²) in [5.41, 5.74) is 5.89. The summed E-state index contributed by atoms with van der Waals surface area (Å²) in [7, 11) is 0. The average Bonchev–Trinajstić information content (AvgIpc) is 2.81. The molecule has 7 heteroatoms. The molecule has 0 saturated carbocycles. The first-order chi connectivity index (χ1) is 9.71. The van der Waals surface area contributed by atoms with Crippen LogP contribution in [0, 0.1) is 0 Å². The lowest BCUT2D eigenvalue weighted by Gasteiger charge is -2.16. The topological polar surface area (TPSA) is 81.7 Å². The van der Waals surface area contributed by atoms with Crippen molar-refractivity contribution < 1.29 is 0 Å². The minimum atomic E-state index is -0.0685. The van der Waals surface area contributed by atoms with E-state index in [4.69, 9.17) is 5.84 Å². The lowest BCUT2D eigenvalue weighted by Crippen LogP contribution is -2.31. The second-order valence-corrected chi connectivity index (χ2v) is 5.23. The molecule has 0 aromatic carbocycles. The van der Waals surface area contributed by atoms with Crippen LogP contribution in [-0.4, -0.2) is 19.7 Å². The molecule has 0 radical (unpaired) electrons. The van der Waals surface area contributed by atoms with Crippen molar-refractivity contribution in [3.05, 3.63) is 40.1 Å². The van der Waals surface area contributed by atoms with Crippen LogP contribution in [0.25, 0.3) is 0 Å². The van der Waals surface area contributed by atoms with Crippen molar-refractivity contribution in [1.29, 1.82) is 0 Å². The van der Waals surface area contributed by atoms with Crippen molar-refractivity contribution in [1.82, 2.24) is 25.2 Å². The van der Waals surface area contributed by atoms with Gasteiger partial charge in [0.1, 0.15) is 6.33 Å². The monoisotopic (exact) mass is 338 g/mol. The molecule has 20 heavy (non-hydrogen) atoms. The molecule has 0 aliphatic heterocycles. The molecule has 1 atom stereocenters. The predicted octanol–water partition coefficient (Wildman–Crippen LogP) is 1.76. The van der Waals surface area contributed by atoms with Gasteiger partial charge in [0.2, 0.25) is 0 Å². The number of aryl methyl sites for hydroxylation is 2. The molecule has 2 heterocycles.